The minimum absolute atomic E-state index is 0.212. The number of hydrogen-bond acceptors (Lipinski definition) is 3. The number of phenolic OH excluding ortho intramolecular Hbond substituents is 1. The first-order valence-electron chi connectivity index (χ1n) is 5.17. The average Bonchev–Trinajstić information content (AvgIpc) is 2.59. The van der Waals surface area contributed by atoms with Gasteiger partial charge in [0.25, 0.3) is 0 Å². The van der Waals surface area contributed by atoms with Crippen LogP contribution >= 0.6 is 0 Å². The van der Waals surface area contributed by atoms with Crippen LogP contribution in [0.2, 0.25) is 0 Å². The smallest absolute Gasteiger partial charge is 0.336 e. The molecule has 0 unspecified atom stereocenters. The molecule has 0 bridgehead atoms. The average molecular weight is 238 g/mol. The molecule has 0 radical (unpaired) electrons. The molecule has 3 nitrogen and oxygen atoms in total. The fourth-order valence-corrected chi connectivity index (χ4v) is 2.49. The molecule has 3 rings (SSSR count). The zero-order chi connectivity index (χ0) is 12.3. The zero-order valence-electron chi connectivity index (χ0n) is 8.88. The van der Waals surface area contributed by atoms with Gasteiger partial charge in [-0.2, -0.15) is 4.39 Å². The van der Waals surface area contributed by atoms with Crippen molar-refractivity contribution < 1.29 is 18.3 Å². The Balaban J connectivity index is 2.63. The van der Waals surface area contributed by atoms with Crippen molar-refractivity contribution in [3.63, 3.8) is 0 Å². The molecule has 1 aromatic carbocycles. The lowest BCUT2D eigenvalue weighted by Gasteiger charge is -2.08. The van der Waals surface area contributed by atoms with Gasteiger partial charge in [0.05, 0.1) is 0 Å². The number of phenols is 1. The van der Waals surface area contributed by atoms with Gasteiger partial charge in [0.15, 0.2) is 17.1 Å². The van der Waals surface area contributed by atoms with Crippen LogP contribution in [0.4, 0.5) is 8.78 Å². The van der Waals surface area contributed by atoms with Crippen LogP contribution in [0.25, 0.3) is 11.0 Å². The predicted molar refractivity (Wildman–Crippen MR) is 56.2 cm³/mol. The molecule has 1 N–H and O–H groups in total. The third kappa shape index (κ3) is 1.16. The lowest BCUT2D eigenvalue weighted by molar-refractivity contribution is 0.389. The molecule has 1 aliphatic carbocycles. The highest BCUT2D eigenvalue weighted by Crippen LogP contribution is 2.43. The Labute approximate surface area is 94.3 Å². The van der Waals surface area contributed by atoms with Crippen molar-refractivity contribution >= 4 is 11.0 Å². The highest BCUT2D eigenvalue weighted by atomic mass is 19.1. The number of halogens is 2. The minimum atomic E-state index is -1.21. The molecular weight excluding hydrogens is 230 g/mol. The Hall–Kier alpha value is -1.91. The van der Waals surface area contributed by atoms with Crippen molar-refractivity contribution in [3.8, 4) is 5.75 Å². The molecule has 0 saturated heterocycles. The predicted octanol–water partition coefficient (Wildman–Crippen LogP) is 2.44. The molecule has 1 aliphatic rings. The van der Waals surface area contributed by atoms with Crippen molar-refractivity contribution in [3.05, 3.63) is 39.2 Å². The fraction of sp³-hybridized carbons (Fsp3) is 0.250. The van der Waals surface area contributed by atoms with E-state index in [4.69, 9.17) is 4.42 Å². The van der Waals surface area contributed by atoms with E-state index in [1.807, 2.05) is 0 Å². The van der Waals surface area contributed by atoms with E-state index < -0.39 is 23.0 Å². The van der Waals surface area contributed by atoms with Crippen LogP contribution in [0.15, 0.2) is 15.3 Å². The van der Waals surface area contributed by atoms with E-state index in [0.29, 0.717) is 12.0 Å². The standard InChI is InChI=1S/C12H8F2O3/c1-4-2-5-3-6(15)17-12-8(5)7(4)9(13)11(16)10(12)14/h3-4,16H,2H2,1H3/t4-/m0/s1. The summed E-state index contributed by atoms with van der Waals surface area (Å²) in [5.74, 6) is -3.47. The van der Waals surface area contributed by atoms with Gasteiger partial charge in [-0.15, -0.1) is 0 Å². The first-order chi connectivity index (χ1) is 8.00. The number of aromatic hydroxyl groups is 1. The maximum atomic E-state index is 13.8. The van der Waals surface area contributed by atoms with Crippen LogP contribution in [0, 0.1) is 11.6 Å². The molecular formula is C12H8F2O3. The van der Waals surface area contributed by atoms with E-state index in [9.17, 15) is 18.7 Å². The van der Waals surface area contributed by atoms with Gasteiger partial charge in [0, 0.05) is 17.0 Å². The van der Waals surface area contributed by atoms with Gasteiger partial charge in [-0.3, -0.25) is 0 Å². The van der Waals surface area contributed by atoms with Crippen molar-refractivity contribution in [2.24, 2.45) is 0 Å². The molecule has 0 fully saturated rings. The first kappa shape index (κ1) is 10.3. The fourth-order valence-electron chi connectivity index (χ4n) is 2.49. The molecule has 0 aliphatic heterocycles. The van der Waals surface area contributed by atoms with Crippen molar-refractivity contribution in [2.45, 2.75) is 19.3 Å². The van der Waals surface area contributed by atoms with E-state index >= 15 is 0 Å². The lowest BCUT2D eigenvalue weighted by atomic mass is 10.0. The molecule has 5 heteroatoms. The molecule has 0 saturated carbocycles. The maximum absolute atomic E-state index is 13.8. The topological polar surface area (TPSA) is 50.4 Å². The summed E-state index contributed by atoms with van der Waals surface area (Å²) < 4.78 is 32.1. The second-order valence-electron chi connectivity index (χ2n) is 4.29. The molecule has 1 heterocycles. The van der Waals surface area contributed by atoms with E-state index in [0.717, 1.165) is 0 Å². The first-order valence-corrected chi connectivity index (χ1v) is 5.17. The number of rotatable bonds is 0. The van der Waals surface area contributed by atoms with Gasteiger partial charge in [-0.05, 0) is 17.9 Å². The number of hydrogen-bond donors (Lipinski definition) is 1. The largest absolute Gasteiger partial charge is 0.503 e. The highest BCUT2D eigenvalue weighted by molar-refractivity contribution is 5.89. The van der Waals surface area contributed by atoms with Gasteiger partial charge < -0.3 is 9.52 Å². The summed E-state index contributed by atoms with van der Waals surface area (Å²) in [5, 5.41) is 9.62. The summed E-state index contributed by atoms with van der Waals surface area (Å²) >= 11 is 0. The molecule has 88 valence electrons. The summed E-state index contributed by atoms with van der Waals surface area (Å²) in [6.07, 6.45) is 0.442. The molecule has 1 atom stereocenters. The summed E-state index contributed by atoms with van der Waals surface area (Å²) in [7, 11) is 0. The Morgan fingerprint density at radius 3 is 2.82 bits per heavy atom. The van der Waals surface area contributed by atoms with Crippen LogP contribution in [-0.4, -0.2) is 5.11 Å². The highest BCUT2D eigenvalue weighted by Gasteiger charge is 2.31. The van der Waals surface area contributed by atoms with Crippen molar-refractivity contribution in [1.29, 1.82) is 0 Å². The molecule has 0 amide bonds. The third-order valence-corrected chi connectivity index (χ3v) is 3.18. The normalized spacial score (nSPS) is 17.9. The third-order valence-electron chi connectivity index (χ3n) is 3.18. The minimum Gasteiger partial charge on any atom is -0.503 e. The quantitative estimate of drug-likeness (QED) is 0.717. The SMILES string of the molecule is C[C@H]1Cc2cc(=O)oc3c(F)c(O)c(F)c1c23. The zero-order valence-corrected chi connectivity index (χ0v) is 8.88. The lowest BCUT2D eigenvalue weighted by Crippen LogP contribution is -2.00. The molecule has 17 heavy (non-hydrogen) atoms. The Kier molecular flexibility index (Phi) is 1.85. The van der Waals surface area contributed by atoms with Crippen LogP contribution < -0.4 is 5.63 Å². The van der Waals surface area contributed by atoms with Crippen LogP contribution in [0.3, 0.4) is 0 Å². The Bertz CT molecular complexity index is 703. The van der Waals surface area contributed by atoms with Gasteiger partial charge in [0.2, 0.25) is 5.82 Å². The van der Waals surface area contributed by atoms with E-state index in [1.165, 1.54) is 6.07 Å². The van der Waals surface area contributed by atoms with Gasteiger partial charge in [0.1, 0.15) is 0 Å². The summed E-state index contributed by atoms with van der Waals surface area (Å²) in [6.45, 7) is 1.75. The second kappa shape index (κ2) is 3.06. The second-order valence-corrected chi connectivity index (χ2v) is 4.29. The monoisotopic (exact) mass is 238 g/mol. The van der Waals surface area contributed by atoms with Gasteiger partial charge in [-0.25, -0.2) is 9.18 Å². The Morgan fingerprint density at radius 1 is 1.41 bits per heavy atom. The Morgan fingerprint density at radius 2 is 2.12 bits per heavy atom. The summed E-state index contributed by atoms with van der Waals surface area (Å²) in [4.78, 5) is 11.2. The van der Waals surface area contributed by atoms with Crippen LogP contribution in [-0.2, 0) is 6.42 Å². The van der Waals surface area contributed by atoms with E-state index in [2.05, 4.69) is 0 Å². The maximum Gasteiger partial charge on any atom is 0.336 e. The van der Waals surface area contributed by atoms with E-state index in [-0.39, 0.29) is 22.5 Å². The molecule has 1 aromatic heterocycles. The van der Waals surface area contributed by atoms with Gasteiger partial charge in [-0.1, -0.05) is 6.92 Å². The molecule has 0 spiro atoms. The van der Waals surface area contributed by atoms with Crippen molar-refractivity contribution in [1.82, 2.24) is 0 Å². The van der Waals surface area contributed by atoms with Crippen LogP contribution in [0.5, 0.6) is 5.75 Å². The van der Waals surface area contributed by atoms with E-state index in [1.54, 1.807) is 6.92 Å². The molecule has 2 aromatic rings. The number of benzene rings is 1. The summed E-state index contributed by atoms with van der Waals surface area (Å²) in [6, 6.07) is 1.24. The van der Waals surface area contributed by atoms with Crippen LogP contribution in [0.1, 0.15) is 24.0 Å². The van der Waals surface area contributed by atoms with Crippen molar-refractivity contribution in [2.75, 3.05) is 0 Å². The summed E-state index contributed by atoms with van der Waals surface area (Å²) in [5.41, 5.74) is -0.266. The van der Waals surface area contributed by atoms with Gasteiger partial charge >= 0.3 is 5.63 Å².